The Morgan fingerprint density at radius 1 is 1.50 bits per heavy atom. The zero-order valence-electron chi connectivity index (χ0n) is 9.84. The third-order valence-corrected chi connectivity index (χ3v) is 4.82. The van der Waals surface area contributed by atoms with Crippen LogP contribution in [0, 0.1) is 6.92 Å². The predicted molar refractivity (Wildman–Crippen MR) is 69.7 cm³/mol. The number of sulfonamides is 1. The summed E-state index contributed by atoms with van der Waals surface area (Å²) >= 11 is 1.50. The smallest absolute Gasteiger partial charge is 0.244 e. The third-order valence-electron chi connectivity index (χ3n) is 2.43. The summed E-state index contributed by atoms with van der Waals surface area (Å²) in [6, 6.07) is 5.22. The van der Waals surface area contributed by atoms with Gasteiger partial charge in [-0.3, -0.25) is 0 Å². The van der Waals surface area contributed by atoms with Crippen molar-refractivity contribution in [2.24, 2.45) is 5.73 Å². The number of rotatable bonds is 5. The zero-order valence-corrected chi connectivity index (χ0v) is 11.5. The summed E-state index contributed by atoms with van der Waals surface area (Å²) in [5.41, 5.74) is 5.42. The van der Waals surface area contributed by atoms with E-state index >= 15 is 0 Å². The lowest BCUT2D eigenvalue weighted by Gasteiger charge is -2.03. The lowest BCUT2D eigenvalue weighted by Crippen LogP contribution is -2.23. The predicted octanol–water partition coefficient (Wildman–Crippen LogP) is 1.59. The van der Waals surface area contributed by atoms with Crippen LogP contribution in [0.3, 0.4) is 0 Å². The number of thiophene rings is 1. The molecular formula is C11H14N2O3S2. The van der Waals surface area contributed by atoms with E-state index in [0.717, 1.165) is 4.88 Å². The van der Waals surface area contributed by atoms with Crippen LogP contribution in [-0.2, 0) is 23.1 Å². The van der Waals surface area contributed by atoms with Gasteiger partial charge in [-0.1, -0.05) is 6.07 Å². The molecule has 0 amide bonds. The van der Waals surface area contributed by atoms with Crippen molar-refractivity contribution in [1.29, 1.82) is 0 Å². The highest BCUT2D eigenvalue weighted by molar-refractivity contribution is 7.89. The van der Waals surface area contributed by atoms with Crippen LogP contribution in [-0.4, -0.2) is 8.42 Å². The fraction of sp³-hybridized carbons (Fsp3) is 0.273. The molecule has 0 unspecified atom stereocenters. The van der Waals surface area contributed by atoms with Crippen LogP contribution in [0.25, 0.3) is 0 Å². The topological polar surface area (TPSA) is 85.3 Å². The van der Waals surface area contributed by atoms with E-state index in [2.05, 4.69) is 4.72 Å². The minimum absolute atomic E-state index is 0.152. The molecule has 0 radical (unpaired) electrons. The minimum atomic E-state index is -3.55. The van der Waals surface area contributed by atoms with Gasteiger partial charge in [0.2, 0.25) is 10.0 Å². The summed E-state index contributed by atoms with van der Waals surface area (Å²) in [6.07, 6.45) is 0. The number of hydrogen-bond donors (Lipinski definition) is 2. The van der Waals surface area contributed by atoms with Crippen molar-refractivity contribution in [2.45, 2.75) is 24.9 Å². The first-order chi connectivity index (χ1) is 8.53. The Labute approximate surface area is 110 Å². The molecule has 0 fully saturated rings. The van der Waals surface area contributed by atoms with Crippen LogP contribution in [0.1, 0.15) is 16.4 Å². The highest BCUT2D eigenvalue weighted by Crippen LogP contribution is 2.20. The van der Waals surface area contributed by atoms with Crippen LogP contribution in [0.4, 0.5) is 0 Å². The van der Waals surface area contributed by atoms with Crippen molar-refractivity contribution in [1.82, 2.24) is 4.72 Å². The standard InChI is InChI=1S/C11H14N2O3S2/c1-8-11(5-9(6-12)16-8)18(14,15)13-7-10-3-2-4-17-10/h2-5,13H,6-7,12H2,1H3. The normalized spacial score (nSPS) is 11.9. The largest absolute Gasteiger partial charge is 0.464 e. The van der Waals surface area contributed by atoms with Gasteiger partial charge in [0.05, 0.1) is 6.54 Å². The van der Waals surface area contributed by atoms with Crippen molar-refractivity contribution < 1.29 is 12.8 Å². The van der Waals surface area contributed by atoms with E-state index in [4.69, 9.17) is 10.2 Å². The monoisotopic (exact) mass is 286 g/mol. The van der Waals surface area contributed by atoms with Crippen LogP contribution >= 0.6 is 11.3 Å². The Balaban J connectivity index is 2.17. The molecule has 0 aromatic carbocycles. The quantitative estimate of drug-likeness (QED) is 0.874. The number of aryl methyl sites for hydroxylation is 1. The first-order valence-corrected chi connectivity index (χ1v) is 7.70. The van der Waals surface area contributed by atoms with Gasteiger partial charge in [0, 0.05) is 17.5 Å². The highest BCUT2D eigenvalue weighted by Gasteiger charge is 2.20. The van der Waals surface area contributed by atoms with E-state index in [9.17, 15) is 8.42 Å². The lowest BCUT2D eigenvalue weighted by molar-refractivity contribution is 0.478. The molecule has 5 nitrogen and oxygen atoms in total. The molecule has 0 saturated heterocycles. The van der Waals surface area contributed by atoms with Gasteiger partial charge in [-0.2, -0.15) is 0 Å². The molecule has 98 valence electrons. The summed E-state index contributed by atoms with van der Waals surface area (Å²) < 4.78 is 31.9. The molecule has 0 spiro atoms. The number of nitrogens with one attached hydrogen (secondary N) is 1. The third kappa shape index (κ3) is 2.81. The molecule has 0 saturated carbocycles. The van der Waals surface area contributed by atoms with Crippen LogP contribution in [0.15, 0.2) is 32.9 Å². The SMILES string of the molecule is Cc1oc(CN)cc1S(=O)(=O)NCc1cccs1. The fourth-order valence-electron chi connectivity index (χ4n) is 1.55. The van der Waals surface area contributed by atoms with E-state index in [-0.39, 0.29) is 18.0 Å². The Kier molecular flexibility index (Phi) is 3.86. The van der Waals surface area contributed by atoms with Gasteiger partial charge < -0.3 is 10.2 Å². The summed E-state index contributed by atoms with van der Waals surface area (Å²) in [4.78, 5) is 1.11. The molecule has 0 aliphatic carbocycles. The summed E-state index contributed by atoms with van der Waals surface area (Å²) in [7, 11) is -3.55. The average Bonchev–Trinajstić information content (AvgIpc) is 2.95. The maximum Gasteiger partial charge on any atom is 0.244 e. The van der Waals surface area contributed by atoms with Crippen LogP contribution in [0.5, 0.6) is 0 Å². The lowest BCUT2D eigenvalue weighted by atomic mass is 10.4. The van der Waals surface area contributed by atoms with E-state index in [1.165, 1.54) is 17.4 Å². The summed E-state index contributed by atoms with van der Waals surface area (Å²) in [6.45, 7) is 2.07. The summed E-state index contributed by atoms with van der Waals surface area (Å²) in [5, 5.41) is 1.90. The molecule has 7 heteroatoms. The van der Waals surface area contributed by atoms with Gasteiger partial charge in [-0.25, -0.2) is 13.1 Å². The second kappa shape index (κ2) is 5.23. The van der Waals surface area contributed by atoms with Gasteiger partial charge in [0.25, 0.3) is 0 Å². The second-order valence-electron chi connectivity index (χ2n) is 3.74. The first kappa shape index (κ1) is 13.3. The molecule has 2 heterocycles. The number of nitrogens with two attached hydrogens (primary N) is 1. The van der Waals surface area contributed by atoms with Crippen molar-refractivity contribution in [2.75, 3.05) is 0 Å². The van der Waals surface area contributed by atoms with Gasteiger partial charge in [0.1, 0.15) is 16.4 Å². The molecule has 0 bridgehead atoms. The van der Waals surface area contributed by atoms with Crippen LogP contribution < -0.4 is 10.5 Å². The zero-order chi connectivity index (χ0) is 13.2. The van der Waals surface area contributed by atoms with Crippen LogP contribution in [0.2, 0.25) is 0 Å². The van der Waals surface area contributed by atoms with Crippen molar-refractivity contribution in [3.05, 3.63) is 40.0 Å². The Morgan fingerprint density at radius 2 is 2.28 bits per heavy atom. The molecular weight excluding hydrogens is 272 g/mol. The van der Waals surface area contributed by atoms with Gasteiger partial charge in [0.15, 0.2) is 0 Å². The molecule has 2 aromatic rings. The molecule has 18 heavy (non-hydrogen) atoms. The van der Waals surface area contributed by atoms with Crippen molar-refractivity contribution >= 4 is 21.4 Å². The van der Waals surface area contributed by atoms with E-state index in [1.54, 1.807) is 6.92 Å². The Morgan fingerprint density at radius 3 is 2.83 bits per heavy atom. The molecule has 0 aliphatic heterocycles. The van der Waals surface area contributed by atoms with E-state index in [0.29, 0.717) is 11.5 Å². The molecule has 0 aliphatic rings. The molecule has 2 rings (SSSR count). The number of furan rings is 1. The molecule has 2 aromatic heterocycles. The maximum absolute atomic E-state index is 12.1. The molecule has 3 N–H and O–H groups in total. The molecule has 0 atom stereocenters. The summed E-state index contributed by atoms with van der Waals surface area (Å²) in [5.74, 6) is 0.818. The first-order valence-electron chi connectivity index (χ1n) is 5.34. The second-order valence-corrected chi connectivity index (χ2v) is 6.51. The van der Waals surface area contributed by atoms with Crippen molar-refractivity contribution in [3.8, 4) is 0 Å². The van der Waals surface area contributed by atoms with Crippen molar-refractivity contribution in [3.63, 3.8) is 0 Å². The number of hydrogen-bond acceptors (Lipinski definition) is 5. The van der Waals surface area contributed by atoms with E-state index in [1.807, 2.05) is 17.5 Å². The fourth-order valence-corrected chi connectivity index (χ4v) is 3.49. The van der Waals surface area contributed by atoms with E-state index < -0.39 is 10.0 Å². The Hall–Kier alpha value is -1.15. The average molecular weight is 286 g/mol. The maximum atomic E-state index is 12.1. The van der Waals surface area contributed by atoms with Gasteiger partial charge in [-0.05, 0) is 18.4 Å². The van der Waals surface area contributed by atoms with Gasteiger partial charge in [-0.15, -0.1) is 11.3 Å². The van der Waals surface area contributed by atoms with Gasteiger partial charge >= 0.3 is 0 Å². The highest BCUT2D eigenvalue weighted by atomic mass is 32.2. The minimum Gasteiger partial charge on any atom is -0.464 e. The Bertz CT molecular complexity index is 615.